The second-order valence-electron chi connectivity index (χ2n) is 3.19. The zero-order chi connectivity index (χ0) is 12.7. The average Bonchev–Trinajstić information content (AvgIpc) is 2.28. The third-order valence-electron chi connectivity index (χ3n) is 1.97. The molecule has 0 heterocycles. The summed E-state index contributed by atoms with van der Waals surface area (Å²) in [6.45, 7) is 0.902. The van der Waals surface area contributed by atoms with Crippen LogP contribution in [0.4, 0.5) is 4.39 Å². The van der Waals surface area contributed by atoms with Gasteiger partial charge in [0.05, 0.1) is 13.2 Å². The molecule has 1 aromatic carbocycles. The summed E-state index contributed by atoms with van der Waals surface area (Å²) in [7, 11) is 0. The summed E-state index contributed by atoms with van der Waals surface area (Å²) >= 11 is 5.39. The molecule has 0 aromatic heterocycles. The molecule has 0 unspecified atom stereocenters. The lowest BCUT2D eigenvalue weighted by molar-refractivity contribution is 0.0916. The van der Waals surface area contributed by atoms with Crippen LogP contribution in [-0.2, 0) is 4.74 Å². The molecule has 1 aromatic rings. The number of phenolic OH excluding ortho intramolecular Hbond substituents is 1. The van der Waals surface area contributed by atoms with Crippen LogP contribution in [0, 0.1) is 5.82 Å². The van der Waals surface area contributed by atoms with Crippen molar-refractivity contribution in [3.05, 3.63) is 29.6 Å². The molecule has 0 aliphatic carbocycles. The van der Waals surface area contributed by atoms with Gasteiger partial charge in [-0.25, -0.2) is 4.39 Å². The van der Waals surface area contributed by atoms with Gasteiger partial charge in [0.1, 0.15) is 17.1 Å². The lowest BCUT2D eigenvalue weighted by Gasteiger charge is -2.07. The molecule has 1 rings (SSSR count). The van der Waals surface area contributed by atoms with Crippen molar-refractivity contribution < 1.29 is 19.0 Å². The molecule has 94 valence electrons. The summed E-state index contributed by atoms with van der Waals surface area (Å²) in [6.07, 6.45) is 0. The number of alkyl halides is 1. The first-order valence-electron chi connectivity index (χ1n) is 5.06. The van der Waals surface area contributed by atoms with E-state index in [1.54, 1.807) is 0 Å². The summed E-state index contributed by atoms with van der Waals surface area (Å²) in [5, 5.41) is 11.8. The number of carbonyl (C=O) groups excluding carboxylic acids is 1. The fourth-order valence-electron chi connectivity index (χ4n) is 1.22. The molecule has 0 atom stereocenters. The molecule has 0 fully saturated rings. The van der Waals surface area contributed by atoms with Crippen LogP contribution in [0.3, 0.4) is 0 Å². The highest BCUT2D eigenvalue weighted by Crippen LogP contribution is 2.19. The van der Waals surface area contributed by atoms with Gasteiger partial charge >= 0.3 is 0 Å². The highest BCUT2D eigenvalue weighted by Gasteiger charge is 2.15. The van der Waals surface area contributed by atoms with Crippen LogP contribution < -0.4 is 5.32 Å². The first kappa shape index (κ1) is 13.7. The van der Waals surface area contributed by atoms with Gasteiger partial charge in [0.2, 0.25) is 0 Å². The van der Waals surface area contributed by atoms with Gasteiger partial charge in [0, 0.05) is 12.4 Å². The predicted molar refractivity (Wildman–Crippen MR) is 61.9 cm³/mol. The molecule has 17 heavy (non-hydrogen) atoms. The fraction of sp³-hybridized carbons (Fsp3) is 0.364. The molecule has 0 saturated carbocycles. The van der Waals surface area contributed by atoms with Gasteiger partial charge in [-0.2, -0.15) is 0 Å². The van der Waals surface area contributed by atoms with E-state index in [0.717, 1.165) is 6.07 Å². The lowest BCUT2D eigenvalue weighted by atomic mass is 10.2. The number of benzene rings is 1. The third-order valence-corrected chi connectivity index (χ3v) is 2.13. The first-order chi connectivity index (χ1) is 8.16. The minimum Gasteiger partial charge on any atom is -0.507 e. The highest BCUT2D eigenvalue weighted by molar-refractivity contribution is 6.17. The van der Waals surface area contributed by atoms with Crippen molar-refractivity contribution in [2.75, 3.05) is 25.6 Å². The Hall–Kier alpha value is -1.33. The van der Waals surface area contributed by atoms with Crippen molar-refractivity contribution in [3.8, 4) is 5.75 Å². The summed E-state index contributed by atoms with van der Waals surface area (Å²) in [6, 6.07) is 3.69. The molecule has 0 bridgehead atoms. The van der Waals surface area contributed by atoms with Gasteiger partial charge < -0.3 is 15.2 Å². The molecule has 0 spiro atoms. The number of phenols is 1. The largest absolute Gasteiger partial charge is 0.507 e. The maximum absolute atomic E-state index is 13.3. The summed E-state index contributed by atoms with van der Waals surface area (Å²) in [4.78, 5) is 11.5. The Morgan fingerprint density at radius 2 is 2.24 bits per heavy atom. The van der Waals surface area contributed by atoms with Gasteiger partial charge in [0.25, 0.3) is 5.91 Å². The van der Waals surface area contributed by atoms with Gasteiger partial charge in [0.15, 0.2) is 0 Å². The number of nitrogens with one attached hydrogen (secondary N) is 1. The molecule has 6 heteroatoms. The number of amides is 1. The number of hydrogen-bond acceptors (Lipinski definition) is 3. The van der Waals surface area contributed by atoms with E-state index in [1.165, 1.54) is 12.1 Å². The van der Waals surface area contributed by atoms with Crippen LogP contribution in [0.15, 0.2) is 18.2 Å². The second kappa shape index (κ2) is 7.09. The molecule has 4 nitrogen and oxygen atoms in total. The standard InChI is InChI=1S/C11H13ClFNO3/c12-4-6-17-7-5-14-11(16)10-8(13)2-1-3-9(10)15/h1-3,15H,4-7H2,(H,14,16). The monoisotopic (exact) mass is 261 g/mol. The Balaban J connectivity index is 2.47. The van der Waals surface area contributed by atoms with E-state index in [0.29, 0.717) is 12.5 Å². The zero-order valence-corrected chi connectivity index (χ0v) is 9.84. The predicted octanol–water partition coefficient (Wildman–Crippen LogP) is 1.52. The topological polar surface area (TPSA) is 58.6 Å². The van der Waals surface area contributed by atoms with Crippen molar-refractivity contribution in [1.82, 2.24) is 5.32 Å². The molecule has 0 aliphatic rings. The second-order valence-corrected chi connectivity index (χ2v) is 3.57. The van der Waals surface area contributed by atoms with E-state index in [1.807, 2.05) is 0 Å². The van der Waals surface area contributed by atoms with E-state index >= 15 is 0 Å². The summed E-state index contributed by atoms with van der Waals surface area (Å²) < 4.78 is 18.3. The number of halogens is 2. The smallest absolute Gasteiger partial charge is 0.258 e. The van der Waals surface area contributed by atoms with Crippen LogP contribution in [0.5, 0.6) is 5.75 Å². The highest BCUT2D eigenvalue weighted by atomic mass is 35.5. The molecule has 0 saturated heterocycles. The van der Waals surface area contributed by atoms with Gasteiger partial charge in [-0.15, -0.1) is 11.6 Å². The molecule has 2 N–H and O–H groups in total. The Kier molecular flexibility index (Phi) is 5.72. The Morgan fingerprint density at radius 3 is 2.88 bits per heavy atom. The van der Waals surface area contributed by atoms with Gasteiger partial charge in [-0.05, 0) is 12.1 Å². The van der Waals surface area contributed by atoms with Crippen LogP contribution in [0.1, 0.15) is 10.4 Å². The first-order valence-corrected chi connectivity index (χ1v) is 5.59. The van der Waals surface area contributed by atoms with Crippen LogP contribution in [-0.4, -0.2) is 36.7 Å². The van der Waals surface area contributed by atoms with Crippen molar-refractivity contribution in [2.24, 2.45) is 0 Å². The summed E-state index contributed by atoms with van der Waals surface area (Å²) in [5.74, 6) is -1.44. The maximum atomic E-state index is 13.3. The Morgan fingerprint density at radius 1 is 1.47 bits per heavy atom. The van der Waals surface area contributed by atoms with E-state index in [4.69, 9.17) is 16.3 Å². The van der Waals surface area contributed by atoms with Crippen LogP contribution >= 0.6 is 11.6 Å². The lowest BCUT2D eigenvalue weighted by Crippen LogP contribution is -2.28. The molecular formula is C11H13ClFNO3. The number of hydrogen-bond donors (Lipinski definition) is 2. The van der Waals surface area contributed by atoms with Crippen molar-refractivity contribution in [1.29, 1.82) is 0 Å². The van der Waals surface area contributed by atoms with E-state index < -0.39 is 11.7 Å². The maximum Gasteiger partial charge on any atom is 0.258 e. The SMILES string of the molecule is O=C(NCCOCCCl)c1c(O)cccc1F. The quantitative estimate of drug-likeness (QED) is 0.603. The Bertz CT molecular complexity index is 367. The van der Waals surface area contributed by atoms with Crippen molar-refractivity contribution in [3.63, 3.8) is 0 Å². The minimum atomic E-state index is -0.760. The minimum absolute atomic E-state index is 0.226. The third kappa shape index (κ3) is 4.20. The number of rotatable bonds is 6. The molecular weight excluding hydrogens is 249 g/mol. The molecule has 0 aliphatic heterocycles. The van der Waals surface area contributed by atoms with E-state index in [2.05, 4.69) is 5.32 Å². The number of aromatic hydroxyl groups is 1. The van der Waals surface area contributed by atoms with Crippen molar-refractivity contribution in [2.45, 2.75) is 0 Å². The average molecular weight is 262 g/mol. The van der Waals surface area contributed by atoms with Gasteiger partial charge in [-0.3, -0.25) is 4.79 Å². The Labute approximate surface area is 103 Å². The van der Waals surface area contributed by atoms with Crippen LogP contribution in [0.25, 0.3) is 0 Å². The molecule has 0 radical (unpaired) electrons. The normalized spacial score (nSPS) is 10.2. The van der Waals surface area contributed by atoms with Gasteiger partial charge in [-0.1, -0.05) is 6.07 Å². The van der Waals surface area contributed by atoms with E-state index in [9.17, 15) is 14.3 Å². The fourth-order valence-corrected chi connectivity index (χ4v) is 1.33. The number of carbonyl (C=O) groups is 1. The number of ether oxygens (including phenoxy) is 1. The van der Waals surface area contributed by atoms with Crippen molar-refractivity contribution >= 4 is 17.5 Å². The van der Waals surface area contributed by atoms with E-state index in [-0.39, 0.29) is 24.5 Å². The molecule has 1 amide bonds. The zero-order valence-electron chi connectivity index (χ0n) is 9.08. The van der Waals surface area contributed by atoms with Crippen LogP contribution in [0.2, 0.25) is 0 Å². The summed E-state index contributed by atoms with van der Waals surface area (Å²) in [5.41, 5.74) is -0.357.